The van der Waals surface area contributed by atoms with Crippen LogP contribution in [0.2, 0.25) is 0 Å². The van der Waals surface area contributed by atoms with Gasteiger partial charge in [0.15, 0.2) is 0 Å². The predicted octanol–water partition coefficient (Wildman–Crippen LogP) is -0.592. The molecule has 6 nitrogen and oxygen atoms in total. The summed E-state index contributed by atoms with van der Waals surface area (Å²) in [7, 11) is -4.57. The summed E-state index contributed by atoms with van der Waals surface area (Å²) in [5.41, 5.74) is 0. The maximum Gasteiger partial charge on any atom is 0.496 e. The van der Waals surface area contributed by atoms with Gasteiger partial charge in [-0.25, -0.2) is 9.45 Å². The van der Waals surface area contributed by atoms with Gasteiger partial charge < -0.3 is 14.9 Å². The van der Waals surface area contributed by atoms with Crippen molar-refractivity contribution in [2.75, 3.05) is 6.61 Å². The molecule has 0 aromatic rings. The fourth-order valence-corrected chi connectivity index (χ4v) is 0.419. The second kappa shape index (κ2) is 4.02. The number of aliphatic hydroxyl groups excluding tert-OH is 1. The quantitative estimate of drug-likeness (QED) is 0.298. The number of rotatable bonds is 4. The van der Waals surface area contributed by atoms with Gasteiger partial charge in [-0.2, -0.15) is 0 Å². The van der Waals surface area contributed by atoms with Crippen LogP contribution in [0.25, 0.3) is 0 Å². The van der Waals surface area contributed by atoms with E-state index in [0.29, 0.717) is 0 Å². The molecular formula is C3H9O6P. The van der Waals surface area contributed by atoms with Crippen molar-refractivity contribution in [2.45, 2.75) is 13.0 Å². The molecule has 0 amide bonds. The van der Waals surface area contributed by atoms with E-state index in [2.05, 4.69) is 9.56 Å². The van der Waals surface area contributed by atoms with Crippen molar-refractivity contribution < 1.29 is 29.0 Å². The Kier molecular flexibility index (Phi) is 4.04. The summed E-state index contributed by atoms with van der Waals surface area (Å²) in [6, 6.07) is 0. The number of hydrogen-bond donors (Lipinski definition) is 3. The van der Waals surface area contributed by atoms with Crippen molar-refractivity contribution in [1.82, 2.24) is 0 Å². The van der Waals surface area contributed by atoms with Crippen molar-refractivity contribution in [3.63, 3.8) is 0 Å². The molecule has 0 saturated carbocycles. The van der Waals surface area contributed by atoms with Crippen LogP contribution in [0.3, 0.4) is 0 Å². The highest BCUT2D eigenvalue weighted by Gasteiger charge is 2.16. The lowest BCUT2D eigenvalue weighted by Gasteiger charge is -2.08. The molecule has 0 aliphatic heterocycles. The molecule has 0 spiro atoms. The Morgan fingerprint density at radius 3 is 2.40 bits per heavy atom. The molecule has 0 aliphatic rings. The molecule has 3 N–H and O–H groups in total. The zero-order valence-corrected chi connectivity index (χ0v) is 6.19. The van der Waals surface area contributed by atoms with Crippen molar-refractivity contribution in [3.8, 4) is 0 Å². The molecular weight excluding hydrogens is 163 g/mol. The minimum Gasteiger partial charge on any atom is -0.394 e. The molecule has 0 heterocycles. The van der Waals surface area contributed by atoms with Crippen LogP contribution >= 0.6 is 7.82 Å². The first-order valence-corrected chi connectivity index (χ1v) is 4.00. The van der Waals surface area contributed by atoms with Gasteiger partial charge >= 0.3 is 7.82 Å². The molecule has 10 heavy (non-hydrogen) atoms. The van der Waals surface area contributed by atoms with E-state index in [1.54, 1.807) is 0 Å². The molecule has 0 fully saturated rings. The van der Waals surface area contributed by atoms with Crippen molar-refractivity contribution in [3.05, 3.63) is 0 Å². The highest BCUT2D eigenvalue weighted by molar-refractivity contribution is 7.46. The third-order valence-corrected chi connectivity index (χ3v) is 0.842. The summed E-state index contributed by atoms with van der Waals surface area (Å²) >= 11 is 0. The Morgan fingerprint density at radius 2 is 2.10 bits per heavy atom. The topological polar surface area (TPSA) is 96.2 Å². The molecule has 0 aliphatic carbocycles. The number of phosphoric acid groups is 1. The van der Waals surface area contributed by atoms with Crippen molar-refractivity contribution in [2.24, 2.45) is 0 Å². The molecule has 0 saturated heterocycles. The first-order valence-electron chi connectivity index (χ1n) is 2.47. The van der Waals surface area contributed by atoms with Crippen LogP contribution in [0.4, 0.5) is 0 Å². The fourth-order valence-electron chi connectivity index (χ4n) is 0.160. The van der Waals surface area contributed by atoms with E-state index < -0.39 is 13.9 Å². The SMILES string of the molecule is CC(CO)OOP(=O)(O)O. The van der Waals surface area contributed by atoms with E-state index in [1.165, 1.54) is 6.92 Å². The van der Waals surface area contributed by atoms with Gasteiger partial charge in [-0.1, -0.05) is 0 Å². The Bertz CT molecular complexity index is 129. The highest BCUT2D eigenvalue weighted by atomic mass is 31.2. The molecule has 0 aromatic carbocycles. The Morgan fingerprint density at radius 1 is 1.60 bits per heavy atom. The fraction of sp³-hybridized carbons (Fsp3) is 1.00. The van der Waals surface area contributed by atoms with Gasteiger partial charge in [0.1, 0.15) is 6.10 Å². The zero-order valence-electron chi connectivity index (χ0n) is 5.30. The Labute approximate surface area is 57.6 Å². The molecule has 0 rings (SSSR count). The van der Waals surface area contributed by atoms with Gasteiger partial charge in [-0.05, 0) is 6.92 Å². The van der Waals surface area contributed by atoms with Crippen LogP contribution in [0.15, 0.2) is 0 Å². The van der Waals surface area contributed by atoms with Crippen molar-refractivity contribution >= 4 is 7.82 Å². The third kappa shape index (κ3) is 6.15. The predicted molar refractivity (Wildman–Crippen MR) is 30.8 cm³/mol. The Balaban J connectivity index is 3.46. The summed E-state index contributed by atoms with van der Waals surface area (Å²) < 4.78 is 13.5. The summed E-state index contributed by atoms with van der Waals surface area (Å²) in [5.74, 6) is 0. The first kappa shape index (κ1) is 10.0. The molecule has 0 radical (unpaired) electrons. The van der Waals surface area contributed by atoms with E-state index in [9.17, 15) is 4.57 Å². The molecule has 7 heteroatoms. The van der Waals surface area contributed by atoms with Crippen LogP contribution in [-0.4, -0.2) is 27.6 Å². The van der Waals surface area contributed by atoms with E-state index in [1.807, 2.05) is 0 Å². The number of hydrogen-bond acceptors (Lipinski definition) is 4. The van der Waals surface area contributed by atoms with Crippen molar-refractivity contribution in [1.29, 1.82) is 0 Å². The van der Waals surface area contributed by atoms with Crippen LogP contribution < -0.4 is 0 Å². The maximum absolute atomic E-state index is 9.92. The summed E-state index contributed by atoms with van der Waals surface area (Å²) in [6.45, 7) is 1.04. The average Bonchev–Trinajstić information content (AvgIpc) is 1.81. The van der Waals surface area contributed by atoms with Gasteiger partial charge in [0.05, 0.1) is 6.61 Å². The Hall–Kier alpha value is 0.0300. The lowest BCUT2D eigenvalue weighted by molar-refractivity contribution is -0.259. The van der Waals surface area contributed by atoms with Gasteiger partial charge in [-0.15, -0.1) is 4.67 Å². The number of aliphatic hydroxyl groups is 1. The minimum absolute atomic E-state index is 0.361. The lowest BCUT2D eigenvalue weighted by Crippen LogP contribution is -2.12. The lowest BCUT2D eigenvalue weighted by atomic mass is 10.5. The molecule has 0 bridgehead atoms. The molecule has 1 unspecified atom stereocenters. The molecule has 62 valence electrons. The van der Waals surface area contributed by atoms with Gasteiger partial charge in [0.25, 0.3) is 0 Å². The van der Waals surface area contributed by atoms with Gasteiger partial charge in [0, 0.05) is 0 Å². The van der Waals surface area contributed by atoms with E-state index in [4.69, 9.17) is 14.9 Å². The van der Waals surface area contributed by atoms with E-state index >= 15 is 0 Å². The second-order valence-electron chi connectivity index (χ2n) is 1.65. The minimum atomic E-state index is -4.57. The van der Waals surface area contributed by atoms with Crippen LogP contribution in [0, 0.1) is 0 Å². The largest absolute Gasteiger partial charge is 0.496 e. The molecule has 0 aromatic heterocycles. The van der Waals surface area contributed by atoms with Crippen LogP contribution in [0.1, 0.15) is 6.92 Å². The summed E-state index contributed by atoms with van der Waals surface area (Å²) in [6.07, 6.45) is -0.743. The monoisotopic (exact) mass is 172 g/mol. The molecule has 1 atom stereocenters. The van der Waals surface area contributed by atoms with Crippen LogP contribution in [0.5, 0.6) is 0 Å². The second-order valence-corrected chi connectivity index (χ2v) is 2.78. The summed E-state index contributed by atoms with van der Waals surface area (Å²) in [4.78, 5) is 20.1. The van der Waals surface area contributed by atoms with Gasteiger partial charge in [0.2, 0.25) is 0 Å². The standard InChI is InChI=1S/C3H9O6P/c1-3(2-4)8-9-10(5,6)7/h3-4H,2H2,1H3,(H2,5,6,7). The summed E-state index contributed by atoms with van der Waals surface area (Å²) in [5, 5.41) is 8.27. The van der Waals surface area contributed by atoms with Gasteiger partial charge in [-0.3, -0.25) is 0 Å². The smallest absolute Gasteiger partial charge is 0.394 e. The normalized spacial score (nSPS) is 15.2. The zero-order chi connectivity index (χ0) is 8.20. The average molecular weight is 172 g/mol. The maximum atomic E-state index is 9.92. The van der Waals surface area contributed by atoms with Crippen LogP contribution in [-0.2, 0) is 14.1 Å². The highest BCUT2D eigenvalue weighted by Crippen LogP contribution is 2.36. The first-order chi connectivity index (χ1) is 4.45. The van der Waals surface area contributed by atoms with E-state index in [-0.39, 0.29) is 6.61 Å². The third-order valence-electron chi connectivity index (χ3n) is 0.562. The van der Waals surface area contributed by atoms with E-state index in [0.717, 1.165) is 0 Å².